The molecular weight excluding hydrogens is 302 g/mol. The molecule has 0 aromatic heterocycles. The number of ether oxygens (including phenoxy) is 1. The minimum absolute atomic E-state index is 0.728. The molecule has 2 nitrogen and oxygen atoms in total. The number of halogens is 1. The highest BCUT2D eigenvalue weighted by atomic mass is 79.9. The first kappa shape index (κ1) is 16.5. The van der Waals surface area contributed by atoms with E-state index in [0.29, 0.717) is 0 Å². The normalized spacial score (nSPS) is 12.4. The zero-order valence-electron chi connectivity index (χ0n) is 12.1. The van der Waals surface area contributed by atoms with Crippen LogP contribution in [0.3, 0.4) is 0 Å². The lowest BCUT2D eigenvalue weighted by Gasteiger charge is -2.15. The predicted octanol–water partition coefficient (Wildman–Crippen LogP) is 5.09. The van der Waals surface area contributed by atoms with Crippen molar-refractivity contribution in [3.8, 4) is 0 Å². The van der Waals surface area contributed by atoms with E-state index in [1.165, 1.54) is 25.7 Å². The lowest BCUT2D eigenvalue weighted by Crippen LogP contribution is -2.14. The van der Waals surface area contributed by atoms with Gasteiger partial charge in [-0.05, 0) is 30.5 Å². The number of anilines is 1. The van der Waals surface area contributed by atoms with E-state index in [1.807, 2.05) is 12.1 Å². The van der Waals surface area contributed by atoms with Gasteiger partial charge in [-0.15, -0.1) is 0 Å². The minimum atomic E-state index is 0.728. The van der Waals surface area contributed by atoms with Crippen molar-refractivity contribution in [2.24, 2.45) is 5.92 Å². The minimum Gasteiger partial charge on any atom is -0.383 e. The Kier molecular flexibility index (Phi) is 8.93. The Morgan fingerprint density at radius 1 is 1.32 bits per heavy atom. The second-order valence-corrected chi connectivity index (χ2v) is 5.84. The van der Waals surface area contributed by atoms with Crippen molar-refractivity contribution in [2.45, 2.75) is 39.5 Å². The summed E-state index contributed by atoms with van der Waals surface area (Å²) in [5.41, 5.74) is 1.14. The van der Waals surface area contributed by atoms with Crippen LogP contribution in [0.15, 0.2) is 28.7 Å². The van der Waals surface area contributed by atoms with Gasteiger partial charge in [-0.2, -0.15) is 0 Å². The van der Waals surface area contributed by atoms with Crippen LogP contribution in [0.25, 0.3) is 0 Å². The summed E-state index contributed by atoms with van der Waals surface area (Å²) in [6.07, 6.45) is 5.12. The van der Waals surface area contributed by atoms with Crippen molar-refractivity contribution in [3.05, 3.63) is 28.7 Å². The first-order valence-electron chi connectivity index (χ1n) is 7.33. The average Bonchev–Trinajstić information content (AvgIpc) is 2.42. The maximum atomic E-state index is 5.76. The van der Waals surface area contributed by atoms with Crippen LogP contribution in [0.4, 0.5) is 5.69 Å². The number of rotatable bonds is 10. The van der Waals surface area contributed by atoms with Crippen molar-refractivity contribution < 1.29 is 4.74 Å². The highest BCUT2D eigenvalue weighted by molar-refractivity contribution is 9.10. The molecule has 0 aliphatic heterocycles. The van der Waals surface area contributed by atoms with Crippen LogP contribution in [-0.2, 0) is 4.74 Å². The second kappa shape index (κ2) is 10.3. The Hall–Kier alpha value is -0.540. The predicted molar refractivity (Wildman–Crippen MR) is 86.8 cm³/mol. The van der Waals surface area contributed by atoms with Crippen LogP contribution in [-0.4, -0.2) is 19.8 Å². The van der Waals surface area contributed by atoms with Crippen LogP contribution in [0.1, 0.15) is 39.5 Å². The molecule has 0 saturated carbocycles. The lowest BCUT2D eigenvalue weighted by atomic mass is 10.0. The van der Waals surface area contributed by atoms with E-state index in [9.17, 15) is 0 Å². The van der Waals surface area contributed by atoms with Gasteiger partial charge in [-0.3, -0.25) is 0 Å². The molecule has 0 bridgehead atoms. The number of benzene rings is 1. The van der Waals surface area contributed by atoms with Gasteiger partial charge in [0.05, 0.1) is 6.61 Å². The summed E-state index contributed by atoms with van der Waals surface area (Å²) >= 11 is 3.47. The molecule has 0 aliphatic rings. The van der Waals surface area contributed by atoms with E-state index in [2.05, 4.69) is 47.2 Å². The van der Waals surface area contributed by atoms with Crippen LogP contribution in [0.5, 0.6) is 0 Å². The van der Waals surface area contributed by atoms with Crippen LogP contribution >= 0.6 is 15.9 Å². The third kappa shape index (κ3) is 7.58. The summed E-state index contributed by atoms with van der Waals surface area (Å²) in [6, 6.07) is 8.21. The smallest absolute Gasteiger partial charge is 0.0639 e. The fourth-order valence-corrected chi connectivity index (χ4v) is 2.41. The largest absolute Gasteiger partial charge is 0.383 e. The standard InChI is InChI=1S/C16H26BrNO/c1-3-5-7-14(4-2)13-19-11-10-18-16-9-6-8-15(17)12-16/h6,8-9,12,14,18H,3-5,7,10-11,13H2,1-2H3. The Bertz CT molecular complexity index is 343. The molecule has 0 saturated heterocycles. The van der Waals surface area contributed by atoms with Gasteiger partial charge in [-0.1, -0.05) is 55.1 Å². The van der Waals surface area contributed by atoms with Crippen LogP contribution in [0, 0.1) is 5.92 Å². The molecule has 0 spiro atoms. The molecule has 19 heavy (non-hydrogen) atoms. The molecule has 0 fully saturated rings. The van der Waals surface area contributed by atoms with E-state index in [4.69, 9.17) is 4.74 Å². The Morgan fingerprint density at radius 2 is 2.16 bits per heavy atom. The fraction of sp³-hybridized carbons (Fsp3) is 0.625. The second-order valence-electron chi connectivity index (χ2n) is 4.93. The molecule has 0 heterocycles. The summed E-state index contributed by atoms with van der Waals surface area (Å²) in [5.74, 6) is 0.728. The molecule has 1 unspecified atom stereocenters. The zero-order valence-corrected chi connectivity index (χ0v) is 13.7. The van der Waals surface area contributed by atoms with Gasteiger partial charge < -0.3 is 10.1 Å². The van der Waals surface area contributed by atoms with Crippen molar-refractivity contribution in [1.82, 2.24) is 0 Å². The van der Waals surface area contributed by atoms with Gasteiger partial charge in [0.2, 0.25) is 0 Å². The Labute approximate surface area is 126 Å². The van der Waals surface area contributed by atoms with Crippen LogP contribution < -0.4 is 5.32 Å². The number of nitrogens with one attached hydrogen (secondary N) is 1. The quantitative estimate of drug-likeness (QED) is 0.604. The van der Waals surface area contributed by atoms with E-state index in [0.717, 1.165) is 35.8 Å². The monoisotopic (exact) mass is 327 g/mol. The summed E-state index contributed by atoms with van der Waals surface area (Å²) < 4.78 is 6.86. The van der Waals surface area contributed by atoms with Gasteiger partial charge in [0.15, 0.2) is 0 Å². The number of hydrogen-bond acceptors (Lipinski definition) is 2. The molecule has 1 atom stereocenters. The SMILES string of the molecule is CCCCC(CC)COCCNc1cccc(Br)c1. The molecule has 3 heteroatoms. The number of unbranched alkanes of at least 4 members (excludes halogenated alkanes) is 1. The maximum absolute atomic E-state index is 5.76. The fourth-order valence-electron chi connectivity index (χ4n) is 2.01. The average molecular weight is 328 g/mol. The Morgan fingerprint density at radius 3 is 2.84 bits per heavy atom. The molecule has 1 aromatic rings. The maximum Gasteiger partial charge on any atom is 0.0639 e. The van der Waals surface area contributed by atoms with Crippen LogP contribution in [0.2, 0.25) is 0 Å². The Balaban J connectivity index is 2.10. The van der Waals surface area contributed by atoms with Crippen molar-refractivity contribution in [2.75, 3.05) is 25.1 Å². The molecular formula is C16H26BrNO. The summed E-state index contributed by atoms with van der Waals surface area (Å²) in [6.45, 7) is 7.03. The van der Waals surface area contributed by atoms with Gasteiger partial charge in [0.1, 0.15) is 0 Å². The molecule has 108 valence electrons. The van der Waals surface area contributed by atoms with E-state index >= 15 is 0 Å². The molecule has 1 rings (SSSR count). The van der Waals surface area contributed by atoms with Crippen molar-refractivity contribution in [1.29, 1.82) is 0 Å². The highest BCUT2D eigenvalue weighted by Gasteiger charge is 2.05. The zero-order chi connectivity index (χ0) is 13.9. The van der Waals surface area contributed by atoms with E-state index in [1.54, 1.807) is 0 Å². The third-order valence-electron chi connectivity index (χ3n) is 3.30. The molecule has 0 aliphatic carbocycles. The number of hydrogen-bond donors (Lipinski definition) is 1. The first-order valence-corrected chi connectivity index (χ1v) is 8.12. The van der Waals surface area contributed by atoms with Gasteiger partial charge >= 0.3 is 0 Å². The molecule has 0 radical (unpaired) electrons. The van der Waals surface area contributed by atoms with Gasteiger partial charge in [-0.25, -0.2) is 0 Å². The van der Waals surface area contributed by atoms with Gasteiger partial charge in [0.25, 0.3) is 0 Å². The van der Waals surface area contributed by atoms with E-state index in [-0.39, 0.29) is 0 Å². The molecule has 0 amide bonds. The topological polar surface area (TPSA) is 21.3 Å². The third-order valence-corrected chi connectivity index (χ3v) is 3.79. The van der Waals surface area contributed by atoms with Crippen molar-refractivity contribution >= 4 is 21.6 Å². The van der Waals surface area contributed by atoms with E-state index < -0.39 is 0 Å². The first-order chi connectivity index (χ1) is 9.26. The highest BCUT2D eigenvalue weighted by Crippen LogP contribution is 2.15. The summed E-state index contributed by atoms with van der Waals surface area (Å²) in [5, 5.41) is 3.37. The van der Waals surface area contributed by atoms with Gasteiger partial charge in [0, 0.05) is 23.3 Å². The summed E-state index contributed by atoms with van der Waals surface area (Å²) in [4.78, 5) is 0. The molecule has 1 aromatic carbocycles. The van der Waals surface area contributed by atoms with Crippen molar-refractivity contribution in [3.63, 3.8) is 0 Å². The molecule has 1 N–H and O–H groups in total. The summed E-state index contributed by atoms with van der Waals surface area (Å²) in [7, 11) is 0. The lowest BCUT2D eigenvalue weighted by molar-refractivity contribution is 0.102.